The van der Waals surface area contributed by atoms with Gasteiger partial charge in [0.25, 0.3) is 0 Å². The summed E-state index contributed by atoms with van der Waals surface area (Å²) >= 11 is 0. The fourth-order valence-electron chi connectivity index (χ4n) is 5.06. The minimum Gasteiger partial charge on any atom is -0.458 e. The second kappa shape index (κ2) is 8.60. The zero-order chi connectivity index (χ0) is 25.8. The quantitative estimate of drug-likeness (QED) is 0.461. The SMILES string of the molecule is CC[C@@]1(O)C(=O)OCC(C=O)=C1/C=C1/c2nc3cc4c(cc3c(CC(C)(C)CO)c2CN1C)OCO4. The summed E-state index contributed by atoms with van der Waals surface area (Å²) in [5.74, 6) is 0.498. The number of fused-ring (bicyclic) bond motifs is 3. The number of hydrogen-bond donors (Lipinski definition) is 2. The highest BCUT2D eigenvalue weighted by Crippen LogP contribution is 2.44. The minimum atomic E-state index is -1.92. The molecule has 0 radical (unpaired) electrons. The van der Waals surface area contributed by atoms with Crippen molar-refractivity contribution in [2.75, 3.05) is 27.1 Å². The van der Waals surface area contributed by atoms with Gasteiger partial charge in [0.15, 0.2) is 17.1 Å². The van der Waals surface area contributed by atoms with Crippen LogP contribution in [0.25, 0.3) is 16.6 Å². The lowest BCUT2D eigenvalue weighted by molar-refractivity contribution is -0.162. The van der Waals surface area contributed by atoms with Crippen molar-refractivity contribution in [2.24, 2.45) is 5.41 Å². The lowest BCUT2D eigenvalue weighted by Gasteiger charge is -2.32. The first-order valence-electron chi connectivity index (χ1n) is 12.0. The van der Waals surface area contributed by atoms with Crippen LogP contribution in [0, 0.1) is 5.41 Å². The van der Waals surface area contributed by atoms with Crippen molar-refractivity contribution in [2.45, 2.75) is 45.8 Å². The molecule has 190 valence electrons. The number of cyclic esters (lactones) is 1. The Morgan fingerprint density at radius 2 is 1.94 bits per heavy atom. The summed E-state index contributed by atoms with van der Waals surface area (Å²) < 4.78 is 16.3. The molecule has 0 unspecified atom stereocenters. The Morgan fingerprint density at radius 1 is 1.22 bits per heavy atom. The highest BCUT2D eigenvalue weighted by Gasteiger charge is 2.44. The van der Waals surface area contributed by atoms with E-state index in [2.05, 4.69) is 0 Å². The van der Waals surface area contributed by atoms with Gasteiger partial charge in [-0.05, 0) is 36.0 Å². The Bertz CT molecular complexity index is 1340. The Balaban J connectivity index is 1.76. The van der Waals surface area contributed by atoms with Crippen molar-refractivity contribution in [1.29, 1.82) is 0 Å². The summed E-state index contributed by atoms with van der Waals surface area (Å²) in [7, 11) is 1.90. The number of rotatable bonds is 6. The van der Waals surface area contributed by atoms with Crippen LogP contribution in [-0.2, 0) is 27.3 Å². The molecular formula is C27H30N2O7. The van der Waals surface area contributed by atoms with Crippen LogP contribution >= 0.6 is 0 Å². The van der Waals surface area contributed by atoms with Crippen LogP contribution in [0.3, 0.4) is 0 Å². The topological polar surface area (TPSA) is 118 Å². The van der Waals surface area contributed by atoms with E-state index < -0.39 is 11.6 Å². The van der Waals surface area contributed by atoms with Crippen LogP contribution in [0.5, 0.6) is 11.5 Å². The van der Waals surface area contributed by atoms with Crippen molar-refractivity contribution >= 4 is 28.9 Å². The molecule has 2 N–H and O–H groups in total. The van der Waals surface area contributed by atoms with Gasteiger partial charge in [-0.25, -0.2) is 9.78 Å². The number of hydrogen-bond acceptors (Lipinski definition) is 9. The van der Waals surface area contributed by atoms with Crippen LogP contribution in [0.4, 0.5) is 0 Å². The number of nitrogens with zero attached hydrogens (tertiary/aromatic N) is 2. The summed E-state index contributed by atoms with van der Waals surface area (Å²) in [6.07, 6.45) is 2.97. The van der Waals surface area contributed by atoms with Gasteiger partial charge in [-0.2, -0.15) is 0 Å². The fraction of sp³-hybridized carbons (Fsp3) is 0.444. The van der Waals surface area contributed by atoms with Crippen molar-refractivity contribution in [3.8, 4) is 11.5 Å². The van der Waals surface area contributed by atoms with E-state index in [1.807, 2.05) is 37.9 Å². The highest BCUT2D eigenvalue weighted by molar-refractivity contribution is 5.94. The van der Waals surface area contributed by atoms with Crippen LogP contribution in [0.2, 0.25) is 0 Å². The molecule has 0 bridgehead atoms. The number of esters is 1. The summed E-state index contributed by atoms with van der Waals surface area (Å²) in [5.41, 5.74) is 2.27. The van der Waals surface area contributed by atoms with E-state index >= 15 is 0 Å². The average molecular weight is 495 g/mol. The molecule has 4 heterocycles. The first-order chi connectivity index (χ1) is 17.1. The molecule has 0 fully saturated rings. The lowest BCUT2D eigenvalue weighted by atomic mass is 9.83. The molecule has 0 amide bonds. The molecule has 0 saturated heterocycles. The number of benzene rings is 1. The summed E-state index contributed by atoms with van der Waals surface area (Å²) in [5, 5.41) is 22.1. The second-order valence-corrected chi connectivity index (χ2v) is 10.4. The highest BCUT2D eigenvalue weighted by atomic mass is 16.7. The van der Waals surface area contributed by atoms with E-state index in [0.29, 0.717) is 47.7 Å². The van der Waals surface area contributed by atoms with Gasteiger partial charge < -0.3 is 29.3 Å². The van der Waals surface area contributed by atoms with Gasteiger partial charge in [0.05, 0.1) is 16.9 Å². The van der Waals surface area contributed by atoms with Crippen LogP contribution in [-0.4, -0.2) is 65.0 Å². The van der Waals surface area contributed by atoms with E-state index in [9.17, 15) is 19.8 Å². The van der Waals surface area contributed by atoms with Crippen LogP contribution in [0.1, 0.15) is 44.0 Å². The van der Waals surface area contributed by atoms with E-state index in [1.54, 1.807) is 13.0 Å². The molecule has 9 nitrogen and oxygen atoms in total. The monoisotopic (exact) mass is 494 g/mol. The summed E-state index contributed by atoms with van der Waals surface area (Å²) in [6.45, 7) is 6.18. The number of aliphatic hydroxyl groups is 2. The summed E-state index contributed by atoms with van der Waals surface area (Å²) in [4.78, 5) is 31.3. The Morgan fingerprint density at radius 3 is 2.61 bits per heavy atom. The number of aliphatic hydroxyl groups excluding tert-OH is 1. The molecule has 0 spiro atoms. The first-order valence-corrected chi connectivity index (χ1v) is 12.0. The van der Waals surface area contributed by atoms with Gasteiger partial charge in [0.1, 0.15) is 12.9 Å². The van der Waals surface area contributed by atoms with Gasteiger partial charge in [0.2, 0.25) is 6.79 Å². The van der Waals surface area contributed by atoms with Crippen molar-refractivity contribution < 1.29 is 34.0 Å². The number of carbonyl (C=O) groups is 2. The normalized spacial score (nSPS) is 22.4. The largest absolute Gasteiger partial charge is 0.458 e. The molecule has 0 saturated carbocycles. The first kappa shape index (κ1) is 24.3. The number of pyridine rings is 1. The van der Waals surface area contributed by atoms with Crippen molar-refractivity contribution in [1.82, 2.24) is 9.88 Å². The third-order valence-corrected chi connectivity index (χ3v) is 7.25. The molecule has 2 aromatic rings. The maximum atomic E-state index is 12.5. The maximum Gasteiger partial charge on any atom is 0.343 e. The van der Waals surface area contributed by atoms with E-state index in [1.165, 1.54) is 0 Å². The van der Waals surface area contributed by atoms with Crippen molar-refractivity contribution in [3.05, 3.63) is 46.2 Å². The smallest absolute Gasteiger partial charge is 0.343 e. The molecule has 1 aromatic carbocycles. The van der Waals surface area contributed by atoms with Gasteiger partial charge in [-0.3, -0.25) is 4.79 Å². The number of carbonyl (C=O) groups excluding carboxylic acids is 2. The molecule has 0 aliphatic carbocycles. The van der Waals surface area contributed by atoms with E-state index in [4.69, 9.17) is 19.2 Å². The predicted octanol–water partition coefficient (Wildman–Crippen LogP) is 2.50. The molecule has 9 heteroatoms. The summed E-state index contributed by atoms with van der Waals surface area (Å²) in [6, 6.07) is 3.79. The van der Waals surface area contributed by atoms with Gasteiger partial charge in [-0.1, -0.05) is 20.8 Å². The van der Waals surface area contributed by atoms with Crippen molar-refractivity contribution in [3.63, 3.8) is 0 Å². The number of aromatic nitrogens is 1. The molecule has 5 rings (SSSR count). The standard InChI is InChI=1S/C27H30N2O7/c1-5-27(33)19(15(11-30)12-34-25(27)32)7-21-24-18(10-29(21)4)17(9-26(2,3)13-31)16-6-22-23(36-14-35-22)8-20(16)28-24/h6-8,11,31,33H,5,9-10,12-14H2,1-4H3/b21-7-/t27-/m0/s1. The predicted molar refractivity (Wildman–Crippen MR) is 131 cm³/mol. The molecule has 3 aliphatic heterocycles. The van der Waals surface area contributed by atoms with E-state index in [-0.39, 0.29) is 43.0 Å². The Kier molecular flexibility index (Phi) is 5.80. The zero-order valence-corrected chi connectivity index (χ0v) is 20.9. The molecule has 36 heavy (non-hydrogen) atoms. The third-order valence-electron chi connectivity index (χ3n) is 7.25. The van der Waals surface area contributed by atoms with Crippen LogP contribution in [0.15, 0.2) is 29.4 Å². The second-order valence-electron chi connectivity index (χ2n) is 10.4. The van der Waals surface area contributed by atoms with Gasteiger partial charge >= 0.3 is 5.97 Å². The van der Waals surface area contributed by atoms with Gasteiger partial charge in [0, 0.05) is 48.4 Å². The molecular weight excluding hydrogens is 464 g/mol. The molecule has 1 atom stereocenters. The Labute approximate surface area is 209 Å². The Hall–Kier alpha value is -3.43. The van der Waals surface area contributed by atoms with E-state index in [0.717, 1.165) is 16.5 Å². The lowest BCUT2D eigenvalue weighted by Crippen LogP contribution is -2.45. The molecule has 3 aliphatic rings. The maximum absolute atomic E-state index is 12.5. The average Bonchev–Trinajstić information content (AvgIpc) is 3.44. The minimum absolute atomic E-state index is 0.00982. The van der Waals surface area contributed by atoms with Crippen LogP contribution < -0.4 is 9.47 Å². The third kappa shape index (κ3) is 3.74. The molecule has 1 aromatic heterocycles. The zero-order valence-electron chi connectivity index (χ0n) is 20.9. The number of aldehydes is 1. The van der Waals surface area contributed by atoms with Gasteiger partial charge in [-0.15, -0.1) is 0 Å². The fourth-order valence-corrected chi connectivity index (χ4v) is 5.06. The number of ether oxygens (including phenoxy) is 3.